The van der Waals surface area contributed by atoms with Crippen LogP contribution in [0.4, 0.5) is 0 Å². The van der Waals surface area contributed by atoms with E-state index >= 15 is 0 Å². The van der Waals surface area contributed by atoms with Crippen LogP contribution < -0.4 is 0 Å². The molecule has 0 aromatic rings. The maximum absolute atomic E-state index is 2.68. The molecule has 0 aromatic heterocycles. The average Bonchev–Trinajstić information content (AvgIpc) is 3.36. The number of rotatable bonds is 33. The zero-order valence-corrected chi connectivity index (χ0v) is 29.0. The van der Waals surface area contributed by atoms with Gasteiger partial charge in [-0.05, 0) is 25.7 Å². The molecule has 41 heavy (non-hydrogen) atoms. The van der Waals surface area contributed by atoms with Crippen molar-refractivity contribution in [1.82, 2.24) is 9.80 Å². The molecule has 1 atom stereocenters. The standard InChI is InChI=1S/C39H78N2/c1-4-7-9-11-13-15-17-19-20-21-23-25-27-29-31-33-36-41-38-37-40(35-6-3)39(41)34-32-30-28-26-24-22-18-16-14-12-10-8-5-2/h37-39H,4-36H2,1-3H3. The van der Waals surface area contributed by atoms with Crippen LogP contribution in [-0.2, 0) is 0 Å². The van der Waals surface area contributed by atoms with E-state index in [1.165, 1.54) is 212 Å². The van der Waals surface area contributed by atoms with Gasteiger partial charge in [0.05, 0.1) is 0 Å². The molecule has 0 saturated heterocycles. The lowest BCUT2D eigenvalue weighted by Crippen LogP contribution is -2.39. The molecule has 1 aliphatic heterocycles. The summed E-state index contributed by atoms with van der Waals surface area (Å²) in [7, 11) is 0. The van der Waals surface area contributed by atoms with E-state index in [9.17, 15) is 0 Å². The van der Waals surface area contributed by atoms with Crippen molar-refractivity contribution in [1.29, 1.82) is 0 Å². The lowest BCUT2D eigenvalue weighted by atomic mass is 10.0. The number of unbranched alkanes of at least 4 members (excludes halogenated alkanes) is 27. The third kappa shape index (κ3) is 23.5. The van der Waals surface area contributed by atoms with Crippen LogP contribution in [0.25, 0.3) is 0 Å². The highest BCUT2D eigenvalue weighted by Gasteiger charge is 2.24. The summed E-state index contributed by atoms with van der Waals surface area (Å²) in [5, 5.41) is 0. The Bertz CT molecular complexity index is 530. The lowest BCUT2D eigenvalue weighted by molar-refractivity contribution is 0.137. The van der Waals surface area contributed by atoms with Crippen molar-refractivity contribution < 1.29 is 0 Å². The van der Waals surface area contributed by atoms with Gasteiger partial charge >= 0.3 is 0 Å². The third-order valence-electron chi connectivity index (χ3n) is 9.53. The van der Waals surface area contributed by atoms with Crippen LogP contribution in [0.1, 0.15) is 220 Å². The molecule has 0 spiro atoms. The minimum Gasteiger partial charge on any atom is -0.356 e. The highest BCUT2D eigenvalue weighted by molar-refractivity contribution is 4.96. The molecule has 0 fully saturated rings. The van der Waals surface area contributed by atoms with E-state index in [1.807, 2.05) is 0 Å². The van der Waals surface area contributed by atoms with Gasteiger partial charge < -0.3 is 9.80 Å². The van der Waals surface area contributed by atoms with Crippen molar-refractivity contribution in [3.05, 3.63) is 12.4 Å². The van der Waals surface area contributed by atoms with Gasteiger partial charge in [0.15, 0.2) is 0 Å². The number of hydrogen-bond donors (Lipinski definition) is 0. The van der Waals surface area contributed by atoms with Crippen LogP contribution in [0.5, 0.6) is 0 Å². The van der Waals surface area contributed by atoms with Gasteiger partial charge in [0, 0.05) is 25.5 Å². The molecule has 0 radical (unpaired) electrons. The first-order valence-electron chi connectivity index (χ1n) is 19.5. The van der Waals surface area contributed by atoms with Crippen LogP contribution in [0.15, 0.2) is 12.4 Å². The highest BCUT2D eigenvalue weighted by Crippen LogP contribution is 2.23. The first-order chi connectivity index (χ1) is 20.3. The van der Waals surface area contributed by atoms with E-state index in [2.05, 4.69) is 43.0 Å². The van der Waals surface area contributed by atoms with Crippen LogP contribution in [0.2, 0.25) is 0 Å². The fourth-order valence-electron chi connectivity index (χ4n) is 6.78. The quantitative estimate of drug-likeness (QED) is 0.0719. The van der Waals surface area contributed by atoms with Gasteiger partial charge in [-0.2, -0.15) is 0 Å². The minimum atomic E-state index is 0.638. The predicted molar refractivity (Wildman–Crippen MR) is 186 cm³/mol. The summed E-state index contributed by atoms with van der Waals surface area (Å²) < 4.78 is 0. The van der Waals surface area contributed by atoms with E-state index in [4.69, 9.17) is 0 Å². The van der Waals surface area contributed by atoms with Crippen molar-refractivity contribution in [3.63, 3.8) is 0 Å². The molecule has 2 nitrogen and oxygen atoms in total. The molecule has 244 valence electrons. The molecule has 1 rings (SSSR count). The first kappa shape index (κ1) is 38.4. The molecular formula is C39H78N2. The predicted octanol–water partition coefficient (Wildman–Crippen LogP) is 13.6. The van der Waals surface area contributed by atoms with Crippen molar-refractivity contribution >= 4 is 0 Å². The summed E-state index contributed by atoms with van der Waals surface area (Å²) in [6.07, 6.45) is 50.1. The highest BCUT2D eigenvalue weighted by atomic mass is 15.4. The van der Waals surface area contributed by atoms with E-state index in [-0.39, 0.29) is 0 Å². The van der Waals surface area contributed by atoms with Gasteiger partial charge in [0.1, 0.15) is 6.17 Å². The Balaban J connectivity index is 1.97. The Labute approximate surface area is 260 Å². The zero-order valence-electron chi connectivity index (χ0n) is 29.0. The van der Waals surface area contributed by atoms with Gasteiger partial charge in [-0.25, -0.2) is 0 Å². The third-order valence-corrected chi connectivity index (χ3v) is 9.53. The lowest BCUT2D eigenvalue weighted by Gasteiger charge is -2.33. The Morgan fingerprint density at radius 1 is 0.317 bits per heavy atom. The van der Waals surface area contributed by atoms with E-state index in [0.29, 0.717) is 6.17 Å². The van der Waals surface area contributed by atoms with Crippen molar-refractivity contribution in [2.45, 2.75) is 226 Å². The summed E-state index contributed by atoms with van der Waals surface area (Å²) in [5.41, 5.74) is 0. The zero-order chi connectivity index (χ0) is 29.5. The van der Waals surface area contributed by atoms with Crippen LogP contribution in [0.3, 0.4) is 0 Å². The maximum Gasteiger partial charge on any atom is 0.101 e. The van der Waals surface area contributed by atoms with Gasteiger partial charge in [0.25, 0.3) is 0 Å². The Morgan fingerprint density at radius 3 is 0.951 bits per heavy atom. The van der Waals surface area contributed by atoms with Crippen LogP contribution in [0, 0.1) is 0 Å². The second-order valence-electron chi connectivity index (χ2n) is 13.6. The average molecular weight is 575 g/mol. The SMILES string of the molecule is CCCCCCCCCCCCCCCCCCN1C=CN(CCC)C1CCCCCCCCCCCCCCC. The van der Waals surface area contributed by atoms with Crippen LogP contribution >= 0.6 is 0 Å². The normalized spacial score (nSPS) is 15.0. The van der Waals surface area contributed by atoms with Gasteiger partial charge in [-0.3, -0.25) is 0 Å². The molecule has 1 aliphatic rings. The molecule has 1 heterocycles. The molecule has 0 aromatic carbocycles. The molecular weight excluding hydrogens is 496 g/mol. The summed E-state index contributed by atoms with van der Waals surface area (Å²) >= 11 is 0. The summed E-state index contributed by atoms with van der Waals surface area (Å²) in [4.78, 5) is 5.31. The van der Waals surface area contributed by atoms with E-state index in [0.717, 1.165) is 0 Å². The Hall–Kier alpha value is -0.660. The molecule has 0 bridgehead atoms. The van der Waals surface area contributed by atoms with Crippen molar-refractivity contribution in [2.24, 2.45) is 0 Å². The Morgan fingerprint density at radius 2 is 0.610 bits per heavy atom. The largest absolute Gasteiger partial charge is 0.356 e. The monoisotopic (exact) mass is 575 g/mol. The second kappa shape index (κ2) is 30.8. The summed E-state index contributed by atoms with van der Waals surface area (Å²) in [6.45, 7) is 9.43. The molecule has 1 unspecified atom stereocenters. The van der Waals surface area contributed by atoms with Gasteiger partial charge in [-0.15, -0.1) is 0 Å². The van der Waals surface area contributed by atoms with Crippen molar-refractivity contribution in [3.8, 4) is 0 Å². The van der Waals surface area contributed by atoms with E-state index < -0.39 is 0 Å². The molecule has 2 heteroatoms. The second-order valence-corrected chi connectivity index (χ2v) is 13.6. The van der Waals surface area contributed by atoms with Crippen LogP contribution in [-0.4, -0.2) is 29.1 Å². The first-order valence-corrected chi connectivity index (χ1v) is 19.5. The summed E-state index contributed by atoms with van der Waals surface area (Å²) in [5.74, 6) is 0. The maximum atomic E-state index is 2.68. The topological polar surface area (TPSA) is 6.48 Å². The summed E-state index contributed by atoms with van der Waals surface area (Å²) in [6, 6.07) is 0. The molecule has 0 amide bonds. The fraction of sp³-hybridized carbons (Fsp3) is 0.949. The number of nitrogens with zero attached hydrogens (tertiary/aromatic N) is 2. The smallest absolute Gasteiger partial charge is 0.101 e. The molecule has 0 aliphatic carbocycles. The number of hydrogen-bond acceptors (Lipinski definition) is 2. The Kier molecular flexibility index (Phi) is 28.8. The van der Waals surface area contributed by atoms with Gasteiger partial charge in [0.2, 0.25) is 0 Å². The molecule has 0 N–H and O–H groups in total. The van der Waals surface area contributed by atoms with Crippen molar-refractivity contribution in [2.75, 3.05) is 13.1 Å². The minimum absolute atomic E-state index is 0.638. The molecule has 0 saturated carbocycles. The van der Waals surface area contributed by atoms with E-state index in [1.54, 1.807) is 0 Å². The fourth-order valence-corrected chi connectivity index (χ4v) is 6.78. The van der Waals surface area contributed by atoms with Gasteiger partial charge in [-0.1, -0.05) is 194 Å².